The number of likely N-dealkylation sites (tertiary alicyclic amines) is 1. The lowest BCUT2D eigenvalue weighted by atomic mass is 9.98. The molecule has 1 saturated heterocycles. The van der Waals surface area contributed by atoms with Gasteiger partial charge in [0.15, 0.2) is 6.10 Å². The van der Waals surface area contributed by atoms with E-state index in [9.17, 15) is 38.7 Å². The van der Waals surface area contributed by atoms with Gasteiger partial charge in [0, 0.05) is 45.4 Å². The lowest BCUT2D eigenvalue weighted by molar-refractivity contribution is -0.144. The number of amides is 7. The van der Waals surface area contributed by atoms with Gasteiger partial charge in [-0.25, -0.2) is 4.79 Å². The molecule has 16 heteroatoms. The third-order valence-corrected chi connectivity index (χ3v) is 10.8. The first-order valence-electron chi connectivity index (χ1n) is 20.5. The fraction of sp³-hybridized carbons (Fsp3) is 0.683. The van der Waals surface area contributed by atoms with Gasteiger partial charge in [0.1, 0.15) is 24.2 Å². The van der Waals surface area contributed by atoms with Gasteiger partial charge in [-0.1, -0.05) is 65.3 Å². The first-order chi connectivity index (χ1) is 27.1. The summed E-state index contributed by atoms with van der Waals surface area (Å²) < 4.78 is 5.95. The summed E-state index contributed by atoms with van der Waals surface area (Å²) in [6.45, 7) is 9.58. The molecule has 0 radical (unpaired) electrons. The summed E-state index contributed by atoms with van der Waals surface area (Å²) in [4.78, 5) is 96.0. The topological polar surface area (TPSA) is 216 Å². The minimum Gasteiger partial charge on any atom is -0.444 e. The van der Waals surface area contributed by atoms with Gasteiger partial charge in [0.2, 0.25) is 29.5 Å². The van der Waals surface area contributed by atoms with Crippen LogP contribution < -0.4 is 26.6 Å². The Balaban J connectivity index is 1.50. The van der Waals surface area contributed by atoms with Gasteiger partial charge in [-0.05, 0) is 61.5 Å². The number of fused-ring (bicyclic) bond motifs is 1. The number of ether oxygens (including phenoxy) is 1. The zero-order valence-electron chi connectivity index (χ0n) is 34.3. The molecule has 2 heterocycles. The Kier molecular flexibility index (Phi) is 16.7. The zero-order chi connectivity index (χ0) is 41.8. The van der Waals surface area contributed by atoms with Gasteiger partial charge in [0.25, 0.3) is 5.91 Å². The Morgan fingerprint density at radius 1 is 0.860 bits per heavy atom. The highest BCUT2D eigenvalue weighted by molar-refractivity contribution is 5.95. The van der Waals surface area contributed by atoms with E-state index in [0.717, 1.165) is 24.0 Å². The maximum atomic E-state index is 14.5. The summed E-state index contributed by atoms with van der Waals surface area (Å²) >= 11 is 0. The van der Waals surface area contributed by atoms with Crippen molar-refractivity contribution >= 4 is 41.5 Å². The molecule has 2 aliphatic heterocycles. The Labute approximate surface area is 335 Å². The summed E-state index contributed by atoms with van der Waals surface area (Å²) in [6, 6.07) is 3.69. The van der Waals surface area contributed by atoms with Crippen molar-refractivity contribution in [2.24, 2.45) is 11.8 Å². The Morgan fingerprint density at radius 3 is 2.12 bits per heavy atom. The first kappa shape index (κ1) is 45.0. The Morgan fingerprint density at radius 2 is 1.51 bits per heavy atom. The van der Waals surface area contributed by atoms with Crippen molar-refractivity contribution in [3.8, 4) is 0 Å². The summed E-state index contributed by atoms with van der Waals surface area (Å²) in [6.07, 6.45) is 1.52. The van der Waals surface area contributed by atoms with Crippen molar-refractivity contribution in [2.45, 2.75) is 148 Å². The van der Waals surface area contributed by atoms with E-state index >= 15 is 0 Å². The number of unbranched alkanes of at least 4 members (excludes halogenated alkanes) is 1. The molecule has 4 unspecified atom stereocenters. The van der Waals surface area contributed by atoms with Crippen molar-refractivity contribution in [3.05, 3.63) is 35.4 Å². The zero-order valence-corrected chi connectivity index (χ0v) is 34.3. The lowest BCUT2D eigenvalue weighted by Gasteiger charge is -2.33. The molecular formula is C41H63N7O9. The number of benzene rings is 1. The third kappa shape index (κ3) is 12.9. The van der Waals surface area contributed by atoms with Gasteiger partial charge in [-0.15, -0.1) is 0 Å². The van der Waals surface area contributed by atoms with Crippen molar-refractivity contribution in [1.29, 1.82) is 0 Å². The van der Waals surface area contributed by atoms with Gasteiger partial charge >= 0.3 is 6.09 Å². The van der Waals surface area contributed by atoms with E-state index in [1.165, 1.54) is 4.90 Å². The second-order valence-electron chi connectivity index (χ2n) is 16.2. The highest BCUT2D eigenvalue weighted by Gasteiger charge is 2.46. The quantitative estimate of drug-likeness (QED) is 0.112. The van der Waals surface area contributed by atoms with Crippen LogP contribution in [-0.2, 0) is 46.5 Å². The highest BCUT2D eigenvalue weighted by atomic mass is 16.6. The normalized spacial score (nSPS) is 19.8. The van der Waals surface area contributed by atoms with E-state index < -0.39 is 72.0 Å². The Bertz CT molecular complexity index is 1600. The number of aliphatic hydroxyl groups excluding tert-OH is 1. The molecule has 3 aliphatic rings. The van der Waals surface area contributed by atoms with Crippen LogP contribution >= 0.6 is 0 Å². The summed E-state index contributed by atoms with van der Waals surface area (Å²) in [5.41, 5.74) is 2.17. The minimum absolute atomic E-state index is 0.00366. The van der Waals surface area contributed by atoms with Crippen molar-refractivity contribution in [1.82, 2.24) is 36.4 Å². The molecule has 16 nitrogen and oxygen atoms in total. The number of aliphatic hydroxyl groups is 1. The number of nitrogens with one attached hydrogen (secondary N) is 5. The van der Waals surface area contributed by atoms with E-state index in [1.54, 1.807) is 39.6 Å². The van der Waals surface area contributed by atoms with Crippen LogP contribution in [0.15, 0.2) is 24.3 Å². The molecule has 1 aromatic rings. The highest BCUT2D eigenvalue weighted by Crippen LogP contribution is 2.26. The number of carbonyl (C=O) groups excluding carboxylic acids is 7. The monoisotopic (exact) mass is 797 g/mol. The summed E-state index contributed by atoms with van der Waals surface area (Å²) in [5, 5.41) is 24.7. The average Bonchev–Trinajstić information content (AvgIpc) is 3.90. The maximum Gasteiger partial charge on any atom is 0.410 e. The number of carbonyl (C=O) groups is 7. The van der Waals surface area contributed by atoms with Crippen LogP contribution in [0.4, 0.5) is 4.79 Å². The van der Waals surface area contributed by atoms with Crippen LogP contribution in [0.5, 0.6) is 0 Å². The molecule has 6 N–H and O–H groups in total. The average molecular weight is 798 g/mol. The number of nitrogens with zero attached hydrogens (tertiary/aromatic N) is 2. The van der Waals surface area contributed by atoms with Crippen LogP contribution in [0.2, 0.25) is 0 Å². The predicted octanol–water partition coefficient (Wildman–Crippen LogP) is 1.66. The van der Waals surface area contributed by atoms with Gasteiger partial charge in [0.05, 0.1) is 12.6 Å². The molecule has 4 rings (SSSR count). The van der Waals surface area contributed by atoms with Gasteiger partial charge in [-0.2, -0.15) is 0 Å². The number of hydrogen-bond donors (Lipinski definition) is 6. The van der Waals surface area contributed by atoms with Crippen LogP contribution in [0.25, 0.3) is 0 Å². The molecule has 0 bridgehead atoms. The summed E-state index contributed by atoms with van der Waals surface area (Å²) in [7, 11) is 1.55. The summed E-state index contributed by atoms with van der Waals surface area (Å²) in [5.74, 6) is -3.62. The third-order valence-electron chi connectivity index (χ3n) is 10.8. The maximum absolute atomic E-state index is 14.5. The molecule has 6 atom stereocenters. The standard InChI is InChI=1S/C41H63N7O9/c1-7-12-30(36(51)39(54)43-28-17-18-28)44-37(52)31-21-29(57-41(56)47-20-19-26-13-8-9-14-27(26)22-47)23-48(31)40(55)35(25(4)5)46-38(53)34(24(2)3)45-33(50)16-11-10-15-32(49)42-6/h8-9,13-14,24-25,28-31,34-36,51H,7,10-12,15-23H2,1-6H3,(H,42,49)(H,43,54)(H,44,52)(H,45,50)(H,46,53)/t29?,30?,31-,34-,35?,36?/m0/s1. The molecule has 1 saturated carbocycles. The van der Waals surface area contributed by atoms with Crippen LogP contribution in [-0.4, -0.2) is 119 Å². The van der Waals surface area contributed by atoms with Gasteiger partial charge < -0.3 is 46.2 Å². The fourth-order valence-electron chi connectivity index (χ4n) is 7.25. The smallest absolute Gasteiger partial charge is 0.410 e. The lowest BCUT2D eigenvalue weighted by Crippen LogP contribution is -2.60. The van der Waals surface area contributed by atoms with E-state index in [4.69, 9.17) is 4.74 Å². The first-order valence-corrected chi connectivity index (χ1v) is 20.5. The van der Waals surface area contributed by atoms with Crippen molar-refractivity contribution in [2.75, 3.05) is 20.1 Å². The molecule has 57 heavy (non-hydrogen) atoms. The van der Waals surface area contributed by atoms with E-state index in [1.807, 2.05) is 31.2 Å². The molecule has 0 aromatic heterocycles. The van der Waals surface area contributed by atoms with E-state index in [0.29, 0.717) is 45.2 Å². The largest absolute Gasteiger partial charge is 0.444 e. The minimum atomic E-state index is -1.52. The SMILES string of the molecule is CCCC(NC(=O)[C@@H]1CC(OC(=O)N2CCc3ccccc3C2)CN1C(=O)C(NC(=O)[C@@H](NC(=O)CCCCC(=O)NC)C(C)C)C(C)C)C(O)C(=O)NC1CC1. The fourth-order valence-corrected chi connectivity index (χ4v) is 7.25. The molecule has 1 aliphatic carbocycles. The van der Waals surface area contributed by atoms with Crippen LogP contribution in [0, 0.1) is 11.8 Å². The molecule has 0 spiro atoms. The molecule has 316 valence electrons. The van der Waals surface area contributed by atoms with E-state index in [-0.39, 0.29) is 49.6 Å². The Hall–Kier alpha value is -4.73. The van der Waals surface area contributed by atoms with Crippen LogP contribution in [0.3, 0.4) is 0 Å². The number of rotatable bonds is 19. The van der Waals surface area contributed by atoms with Crippen molar-refractivity contribution in [3.63, 3.8) is 0 Å². The second kappa shape index (κ2) is 21.1. The molecular weight excluding hydrogens is 734 g/mol. The number of hydrogen-bond acceptors (Lipinski definition) is 9. The van der Waals surface area contributed by atoms with Gasteiger partial charge in [-0.3, -0.25) is 28.8 Å². The van der Waals surface area contributed by atoms with Crippen LogP contribution in [0.1, 0.15) is 104 Å². The van der Waals surface area contributed by atoms with E-state index in [2.05, 4.69) is 26.6 Å². The molecule has 1 aromatic carbocycles. The predicted molar refractivity (Wildman–Crippen MR) is 211 cm³/mol. The van der Waals surface area contributed by atoms with Crippen molar-refractivity contribution < 1.29 is 43.4 Å². The molecule has 2 fully saturated rings. The second-order valence-corrected chi connectivity index (χ2v) is 16.2. The molecule has 7 amide bonds.